The van der Waals surface area contributed by atoms with E-state index in [2.05, 4.69) is 14.4 Å². The summed E-state index contributed by atoms with van der Waals surface area (Å²) >= 11 is 0. The lowest BCUT2D eigenvalue weighted by atomic mass is 9.95. The quantitative estimate of drug-likeness (QED) is 0.486. The van der Waals surface area contributed by atoms with Crippen LogP contribution >= 0.6 is 0 Å². The van der Waals surface area contributed by atoms with Gasteiger partial charge in [0.1, 0.15) is 23.7 Å². The highest BCUT2D eigenvalue weighted by atomic mass is 32.2. The SMILES string of the molecule is C[C@@H](COC1CCC(Oc2nc3c(F)cc(OCC(F)F)c(F)c3n2C)CC1)NS(N)(=O)=O. The summed E-state index contributed by atoms with van der Waals surface area (Å²) < 4.78 is 95.6. The highest BCUT2D eigenvalue weighted by Gasteiger charge is 2.27. The summed E-state index contributed by atoms with van der Waals surface area (Å²) in [5, 5.41) is 4.93. The van der Waals surface area contributed by atoms with Crippen LogP contribution < -0.4 is 19.3 Å². The second-order valence-corrected chi connectivity index (χ2v) is 9.26. The van der Waals surface area contributed by atoms with Gasteiger partial charge in [0.25, 0.3) is 22.6 Å². The maximum atomic E-state index is 14.7. The van der Waals surface area contributed by atoms with Gasteiger partial charge in [-0.15, -0.1) is 0 Å². The van der Waals surface area contributed by atoms with E-state index in [0.29, 0.717) is 31.7 Å². The molecule has 1 aromatic heterocycles. The summed E-state index contributed by atoms with van der Waals surface area (Å²) in [5.41, 5.74) is -0.537. The highest BCUT2D eigenvalue weighted by molar-refractivity contribution is 7.87. The van der Waals surface area contributed by atoms with Gasteiger partial charge >= 0.3 is 0 Å². The molecule has 2 aromatic rings. The second kappa shape index (κ2) is 10.4. The standard InChI is InChI=1S/C19H26F4N4O5S/c1-10(26-33(24,28)29)8-30-11-3-5-12(6-4-11)32-19-25-17-13(20)7-14(31-9-15(21)22)16(23)18(17)27(19)2/h7,10-12,15,26H,3-6,8-9H2,1-2H3,(H2,24,28,29)/t10-,11?,12?/m0/s1. The summed E-state index contributed by atoms with van der Waals surface area (Å²) in [6.07, 6.45) is -0.783. The van der Waals surface area contributed by atoms with Crippen LogP contribution in [0, 0.1) is 11.6 Å². The largest absolute Gasteiger partial charge is 0.484 e. The first kappa shape index (κ1) is 25.5. The molecule has 14 heteroatoms. The van der Waals surface area contributed by atoms with Crippen molar-refractivity contribution >= 4 is 21.2 Å². The number of nitrogens with one attached hydrogen (secondary N) is 1. The normalized spacial score (nSPS) is 20.4. The number of ether oxygens (including phenoxy) is 3. The first-order chi connectivity index (χ1) is 15.4. The molecule has 1 aliphatic rings. The number of halogens is 4. The molecule has 33 heavy (non-hydrogen) atoms. The Morgan fingerprint density at radius 1 is 1.21 bits per heavy atom. The van der Waals surface area contributed by atoms with Gasteiger partial charge in [0.2, 0.25) is 0 Å². The lowest BCUT2D eigenvalue weighted by Crippen LogP contribution is -2.41. The van der Waals surface area contributed by atoms with Crippen molar-refractivity contribution in [3.8, 4) is 11.8 Å². The molecule has 1 fully saturated rings. The fourth-order valence-corrected chi connectivity index (χ4v) is 4.31. The monoisotopic (exact) mass is 498 g/mol. The van der Waals surface area contributed by atoms with E-state index in [0.717, 1.165) is 0 Å². The number of nitrogens with two attached hydrogens (primary N) is 1. The number of alkyl halides is 2. The van der Waals surface area contributed by atoms with Gasteiger partial charge in [-0.05, 0) is 32.6 Å². The predicted octanol–water partition coefficient (Wildman–Crippen LogP) is 2.38. The number of aryl methyl sites for hydroxylation is 1. The van der Waals surface area contributed by atoms with Gasteiger partial charge in [-0.25, -0.2) is 22.7 Å². The van der Waals surface area contributed by atoms with E-state index in [1.807, 2.05) is 0 Å². The van der Waals surface area contributed by atoms with Crippen LogP contribution in [0.15, 0.2) is 6.07 Å². The van der Waals surface area contributed by atoms with Gasteiger partial charge in [0.05, 0.1) is 12.7 Å². The molecule has 1 aliphatic carbocycles. The van der Waals surface area contributed by atoms with Gasteiger partial charge in [-0.1, -0.05) is 0 Å². The molecule has 3 rings (SSSR count). The van der Waals surface area contributed by atoms with Crippen LogP contribution in [-0.2, 0) is 22.0 Å². The van der Waals surface area contributed by atoms with Crippen molar-refractivity contribution in [2.75, 3.05) is 13.2 Å². The Labute approximate surface area is 188 Å². The number of nitrogens with zero attached hydrogens (tertiary/aromatic N) is 2. The number of imidazole rings is 1. The van der Waals surface area contributed by atoms with Gasteiger partial charge in [-0.3, -0.25) is 4.57 Å². The fraction of sp³-hybridized carbons (Fsp3) is 0.632. The van der Waals surface area contributed by atoms with Gasteiger partial charge in [0, 0.05) is 19.2 Å². The number of aromatic nitrogens is 2. The Morgan fingerprint density at radius 2 is 1.85 bits per heavy atom. The van der Waals surface area contributed by atoms with Crippen molar-refractivity contribution in [3.05, 3.63) is 17.7 Å². The molecule has 0 spiro atoms. The van der Waals surface area contributed by atoms with Crippen molar-refractivity contribution in [3.63, 3.8) is 0 Å². The molecule has 0 radical (unpaired) electrons. The molecular weight excluding hydrogens is 472 g/mol. The van der Waals surface area contributed by atoms with E-state index in [-0.39, 0.29) is 35.9 Å². The van der Waals surface area contributed by atoms with Crippen LogP contribution in [0.25, 0.3) is 11.0 Å². The minimum atomic E-state index is -3.80. The van der Waals surface area contributed by atoms with Crippen LogP contribution in [0.3, 0.4) is 0 Å². The summed E-state index contributed by atoms with van der Waals surface area (Å²) in [7, 11) is -2.38. The van der Waals surface area contributed by atoms with Crippen molar-refractivity contribution in [1.29, 1.82) is 0 Å². The third-order valence-corrected chi connectivity index (χ3v) is 5.90. The zero-order valence-electron chi connectivity index (χ0n) is 18.1. The van der Waals surface area contributed by atoms with Crippen LogP contribution in [0.5, 0.6) is 11.8 Å². The number of rotatable bonds is 10. The molecule has 0 aliphatic heterocycles. The topological polar surface area (TPSA) is 118 Å². The Kier molecular flexibility index (Phi) is 8.03. The minimum Gasteiger partial charge on any atom is -0.484 e. The molecule has 1 aromatic carbocycles. The number of fused-ring (bicyclic) bond motifs is 1. The first-order valence-electron chi connectivity index (χ1n) is 10.3. The third-order valence-electron chi connectivity index (χ3n) is 5.17. The number of benzene rings is 1. The maximum absolute atomic E-state index is 14.7. The number of hydrogen-bond acceptors (Lipinski definition) is 6. The highest BCUT2D eigenvalue weighted by Crippen LogP contribution is 2.33. The van der Waals surface area contributed by atoms with Gasteiger partial charge in [0.15, 0.2) is 17.4 Å². The molecule has 186 valence electrons. The van der Waals surface area contributed by atoms with Crippen LogP contribution in [0.4, 0.5) is 17.6 Å². The van der Waals surface area contributed by atoms with Crippen LogP contribution in [-0.4, -0.2) is 55.9 Å². The van der Waals surface area contributed by atoms with E-state index in [9.17, 15) is 26.0 Å². The summed E-state index contributed by atoms with van der Waals surface area (Å²) in [4.78, 5) is 4.03. The molecule has 1 heterocycles. The first-order valence-corrected chi connectivity index (χ1v) is 11.8. The van der Waals surface area contributed by atoms with E-state index in [1.54, 1.807) is 6.92 Å². The number of hydrogen-bond donors (Lipinski definition) is 2. The van der Waals surface area contributed by atoms with E-state index in [4.69, 9.17) is 14.6 Å². The molecule has 1 saturated carbocycles. The molecule has 3 N–H and O–H groups in total. The molecule has 0 unspecified atom stereocenters. The van der Waals surface area contributed by atoms with Gasteiger partial charge < -0.3 is 14.2 Å². The van der Waals surface area contributed by atoms with Crippen molar-refractivity contribution in [1.82, 2.24) is 14.3 Å². The zero-order valence-corrected chi connectivity index (χ0v) is 18.9. The molecule has 0 bridgehead atoms. The zero-order chi connectivity index (χ0) is 24.3. The smallest absolute Gasteiger partial charge is 0.297 e. The summed E-state index contributed by atoms with van der Waals surface area (Å²) in [6, 6.07) is 0.197. The Morgan fingerprint density at radius 3 is 2.45 bits per heavy atom. The Bertz CT molecular complexity index is 1070. The lowest BCUT2D eigenvalue weighted by molar-refractivity contribution is -0.00468. The third kappa shape index (κ3) is 6.68. The van der Waals surface area contributed by atoms with E-state index in [1.165, 1.54) is 11.6 Å². The maximum Gasteiger partial charge on any atom is 0.297 e. The summed E-state index contributed by atoms with van der Waals surface area (Å²) in [5.74, 6) is -2.55. The Hall–Kier alpha value is -2.16. The van der Waals surface area contributed by atoms with Crippen LogP contribution in [0.1, 0.15) is 32.6 Å². The molecule has 9 nitrogen and oxygen atoms in total. The molecule has 1 atom stereocenters. The van der Waals surface area contributed by atoms with Crippen LogP contribution in [0.2, 0.25) is 0 Å². The van der Waals surface area contributed by atoms with Gasteiger partial charge in [-0.2, -0.15) is 18.1 Å². The molecule has 0 amide bonds. The van der Waals surface area contributed by atoms with E-state index < -0.39 is 46.7 Å². The molecular formula is C19H26F4N4O5S. The second-order valence-electron chi connectivity index (χ2n) is 7.94. The van der Waals surface area contributed by atoms with E-state index >= 15 is 0 Å². The summed E-state index contributed by atoms with van der Waals surface area (Å²) in [6.45, 7) is 0.726. The Balaban J connectivity index is 1.61. The van der Waals surface area contributed by atoms with Crippen molar-refractivity contribution in [2.45, 2.75) is 57.3 Å². The minimum absolute atomic E-state index is 0.0100. The predicted molar refractivity (Wildman–Crippen MR) is 110 cm³/mol. The average Bonchev–Trinajstić information content (AvgIpc) is 3.05. The van der Waals surface area contributed by atoms with Crippen molar-refractivity contribution < 1.29 is 40.2 Å². The van der Waals surface area contributed by atoms with Crippen molar-refractivity contribution in [2.24, 2.45) is 12.2 Å². The average molecular weight is 498 g/mol. The lowest BCUT2D eigenvalue weighted by Gasteiger charge is -2.29. The molecule has 0 saturated heterocycles. The fourth-order valence-electron chi connectivity index (χ4n) is 3.68.